The van der Waals surface area contributed by atoms with E-state index in [-0.39, 0.29) is 12.5 Å². The molecule has 0 unspecified atom stereocenters. The Hall–Kier alpha value is -2.26. The number of methoxy groups -OCH3 is 2. The maximum Gasteiger partial charge on any atom is 0.234 e. The average Bonchev–Trinajstić information content (AvgIpc) is 2.47. The van der Waals surface area contributed by atoms with Crippen molar-refractivity contribution in [2.75, 3.05) is 34.4 Å². The van der Waals surface area contributed by atoms with Gasteiger partial charge in [0.2, 0.25) is 5.91 Å². The van der Waals surface area contributed by atoms with Gasteiger partial charge in [0, 0.05) is 13.1 Å². The van der Waals surface area contributed by atoms with Crippen molar-refractivity contribution in [2.24, 2.45) is 0 Å². The van der Waals surface area contributed by atoms with Crippen molar-refractivity contribution >= 4 is 5.91 Å². The molecule has 0 aromatic heterocycles. The Morgan fingerprint density at radius 2 is 2.05 bits per heavy atom. The van der Waals surface area contributed by atoms with Gasteiger partial charge in [0.1, 0.15) is 0 Å². The lowest BCUT2D eigenvalue weighted by atomic mass is 10.2. The molecule has 0 saturated heterocycles. The van der Waals surface area contributed by atoms with Crippen molar-refractivity contribution in [3.63, 3.8) is 0 Å². The number of nitriles is 1. The smallest absolute Gasteiger partial charge is 0.234 e. The fourth-order valence-corrected chi connectivity index (χ4v) is 1.91. The van der Waals surface area contributed by atoms with Gasteiger partial charge < -0.3 is 14.8 Å². The van der Waals surface area contributed by atoms with Crippen LogP contribution in [0.5, 0.6) is 11.5 Å². The Morgan fingerprint density at radius 3 is 2.67 bits per heavy atom. The first-order valence-corrected chi connectivity index (χ1v) is 6.63. The summed E-state index contributed by atoms with van der Waals surface area (Å²) < 4.78 is 10.4. The van der Waals surface area contributed by atoms with Crippen LogP contribution in [0, 0.1) is 11.3 Å². The zero-order valence-corrected chi connectivity index (χ0v) is 12.7. The van der Waals surface area contributed by atoms with Gasteiger partial charge in [0.05, 0.1) is 33.3 Å². The largest absolute Gasteiger partial charge is 0.493 e. The van der Waals surface area contributed by atoms with Crippen molar-refractivity contribution in [1.29, 1.82) is 5.26 Å². The van der Waals surface area contributed by atoms with Crippen molar-refractivity contribution in [3.05, 3.63) is 23.8 Å². The van der Waals surface area contributed by atoms with E-state index in [1.54, 1.807) is 14.2 Å². The second-order valence-corrected chi connectivity index (χ2v) is 4.62. The number of likely N-dealkylation sites (N-methyl/N-ethyl adjacent to an activating group) is 1. The number of nitrogens with zero attached hydrogens (tertiary/aromatic N) is 2. The number of rotatable bonds is 8. The molecule has 6 nitrogen and oxygen atoms in total. The molecule has 0 aliphatic heterocycles. The van der Waals surface area contributed by atoms with E-state index in [9.17, 15) is 4.79 Å². The monoisotopic (exact) mass is 291 g/mol. The Bertz CT molecular complexity index is 511. The van der Waals surface area contributed by atoms with Gasteiger partial charge in [-0.1, -0.05) is 6.07 Å². The molecule has 0 aliphatic carbocycles. The fourth-order valence-electron chi connectivity index (χ4n) is 1.91. The second kappa shape index (κ2) is 8.82. The predicted octanol–water partition coefficient (Wildman–Crippen LogP) is 1.17. The minimum atomic E-state index is -0.0896. The Labute approximate surface area is 125 Å². The molecule has 1 rings (SSSR count). The molecule has 0 aliphatic rings. The van der Waals surface area contributed by atoms with E-state index < -0.39 is 0 Å². The van der Waals surface area contributed by atoms with E-state index >= 15 is 0 Å². The number of nitrogens with one attached hydrogen (secondary N) is 1. The van der Waals surface area contributed by atoms with E-state index in [4.69, 9.17) is 14.7 Å². The molecule has 114 valence electrons. The standard InChI is InChI=1S/C15H21N3O3/c1-18(11-15(19)17-8-4-7-16)10-12-5-6-13(20-2)14(9-12)21-3/h5-6,9H,4,8,10-11H2,1-3H3,(H,17,19). The molecule has 1 N–H and O–H groups in total. The zero-order valence-electron chi connectivity index (χ0n) is 12.7. The highest BCUT2D eigenvalue weighted by molar-refractivity contribution is 5.77. The molecule has 0 bridgehead atoms. The topological polar surface area (TPSA) is 74.6 Å². The molecule has 0 spiro atoms. The van der Waals surface area contributed by atoms with Crippen molar-refractivity contribution in [3.8, 4) is 17.6 Å². The summed E-state index contributed by atoms with van der Waals surface area (Å²) in [7, 11) is 5.05. The Morgan fingerprint density at radius 1 is 1.33 bits per heavy atom. The lowest BCUT2D eigenvalue weighted by Gasteiger charge is -2.17. The van der Waals surface area contributed by atoms with Gasteiger partial charge in [-0.15, -0.1) is 0 Å². The molecule has 0 atom stereocenters. The lowest BCUT2D eigenvalue weighted by Crippen LogP contribution is -2.35. The van der Waals surface area contributed by atoms with Crippen molar-refractivity contribution < 1.29 is 14.3 Å². The van der Waals surface area contributed by atoms with Crippen LogP contribution in [0.3, 0.4) is 0 Å². The summed E-state index contributed by atoms with van der Waals surface area (Å²) in [6.07, 6.45) is 0.325. The van der Waals surface area contributed by atoms with Crippen LogP contribution >= 0.6 is 0 Å². The first-order chi connectivity index (χ1) is 10.1. The van der Waals surface area contributed by atoms with Crippen LogP contribution < -0.4 is 14.8 Å². The fraction of sp³-hybridized carbons (Fsp3) is 0.467. The maximum atomic E-state index is 11.6. The highest BCUT2D eigenvalue weighted by atomic mass is 16.5. The van der Waals surface area contributed by atoms with Gasteiger partial charge in [-0.3, -0.25) is 9.69 Å². The molecular weight excluding hydrogens is 270 g/mol. The quantitative estimate of drug-likeness (QED) is 0.728. The molecule has 0 saturated carbocycles. The van der Waals surface area contributed by atoms with Gasteiger partial charge in [0.25, 0.3) is 0 Å². The Kier molecular flexibility index (Phi) is 7.05. The molecule has 6 heteroatoms. The van der Waals surface area contributed by atoms with Crippen LogP contribution in [0.15, 0.2) is 18.2 Å². The van der Waals surface area contributed by atoms with Gasteiger partial charge in [-0.25, -0.2) is 0 Å². The molecule has 21 heavy (non-hydrogen) atoms. The van der Waals surface area contributed by atoms with Crippen LogP contribution in [0.4, 0.5) is 0 Å². The lowest BCUT2D eigenvalue weighted by molar-refractivity contribution is -0.122. The molecule has 0 radical (unpaired) electrons. The van der Waals surface area contributed by atoms with Crippen LogP contribution in [-0.2, 0) is 11.3 Å². The highest BCUT2D eigenvalue weighted by Crippen LogP contribution is 2.27. The third kappa shape index (κ3) is 5.71. The summed E-state index contributed by atoms with van der Waals surface area (Å²) in [6.45, 7) is 1.28. The first kappa shape index (κ1) is 16.8. The van der Waals surface area contributed by atoms with Gasteiger partial charge in [-0.05, 0) is 24.7 Å². The van der Waals surface area contributed by atoms with Crippen LogP contribution in [-0.4, -0.2) is 45.2 Å². The summed E-state index contributed by atoms with van der Waals surface area (Å²) in [5, 5.41) is 11.1. The summed E-state index contributed by atoms with van der Waals surface area (Å²) in [5.74, 6) is 1.26. The van der Waals surface area contributed by atoms with Gasteiger partial charge in [0.15, 0.2) is 11.5 Å². The number of benzene rings is 1. The normalized spacial score (nSPS) is 10.0. The number of hydrogen-bond acceptors (Lipinski definition) is 5. The highest BCUT2D eigenvalue weighted by Gasteiger charge is 2.09. The minimum Gasteiger partial charge on any atom is -0.493 e. The summed E-state index contributed by atoms with van der Waals surface area (Å²) >= 11 is 0. The summed E-state index contributed by atoms with van der Waals surface area (Å²) in [6, 6.07) is 7.66. The number of hydrogen-bond donors (Lipinski definition) is 1. The van der Waals surface area contributed by atoms with E-state index in [2.05, 4.69) is 5.32 Å². The van der Waals surface area contributed by atoms with E-state index in [0.717, 1.165) is 5.56 Å². The van der Waals surface area contributed by atoms with Gasteiger partial charge in [-0.2, -0.15) is 5.26 Å². The average molecular weight is 291 g/mol. The van der Waals surface area contributed by atoms with E-state index in [0.29, 0.717) is 31.0 Å². The third-order valence-electron chi connectivity index (χ3n) is 2.87. The van der Waals surface area contributed by atoms with Crippen LogP contribution in [0.1, 0.15) is 12.0 Å². The summed E-state index contributed by atoms with van der Waals surface area (Å²) in [4.78, 5) is 13.5. The molecule has 1 aromatic rings. The first-order valence-electron chi connectivity index (χ1n) is 6.63. The maximum absolute atomic E-state index is 11.6. The molecule has 0 fully saturated rings. The molecular formula is C15H21N3O3. The second-order valence-electron chi connectivity index (χ2n) is 4.62. The molecule has 1 amide bonds. The number of ether oxygens (including phenoxy) is 2. The number of amides is 1. The predicted molar refractivity (Wildman–Crippen MR) is 79.1 cm³/mol. The van der Waals surface area contributed by atoms with Gasteiger partial charge >= 0.3 is 0 Å². The van der Waals surface area contributed by atoms with E-state index in [1.165, 1.54) is 0 Å². The molecule has 0 heterocycles. The zero-order chi connectivity index (χ0) is 15.7. The summed E-state index contributed by atoms with van der Waals surface area (Å²) in [5.41, 5.74) is 1.03. The minimum absolute atomic E-state index is 0.0896. The van der Waals surface area contributed by atoms with Crippen LogP contribution in [0.25, 0.3) is 0 Å². The van der Waals surface area contributed by atoms with Crippen molar-refractivity contribution in [1.82, 2.24) is 10.2 Å². The molecule has 1 aromatic carbocycles. The number of carbonyl (C=O) groups is 1. The Balaban J connectivity index is 2.53. The third-order valence-corrected chi connectivity index (χ3v) is 2.87. The van der Waals surface area contributed by atoms with Crippen molar-refractivity contribution in [2.45, 2.75) is 13.0 Å². The number of carbonyl (C=O) groups excluding carboxylic acids is 1. The van der Waals surface area contributed by atoms with E-state index in [1.807, 2.05) is 36.2 Å². The SMILES string of the molecule is COc1ccc(CN(C)CC(=O)NCCC#N)cc1OC. The van der Waals surface area contributed by atoms with Crippen LogP contribution in [0.2, 0.25) is 0 Å².